The summed E-state index contributed by atoms with van der Waals surface area (Å²) in [7, 11) is 2.74. The van der Waals surface area contributed by atoms with Crippen molar-refractivity contribution < 1.29 is 51.6 Å². The molecular formula is C30H26Cl2F2N2O9. The van der Waals surface area contributed by atoms with Crippen molar-refractivity contribution in [2.45, 2.75) is 32.0 Å². The molecule has 0 radical (unpaired) electrons. The third-order valence-corrected chi connectivity index (χ3v) is 7.86. The normalized spacial score (nSPS) is 14.8. The number of ether oxygens (including phenoxy) is 5. The minimum atomic E-state index is -3.12. The van der Waals surface area contributed by atoms with Crippen molar-refractivity contribution in [2.24, 2.45) is 5.92 Å². The van der Waals surface area contributed by atoms with Crippen LogP contribution >= 0.6 is 23.2 Å². The number of hydrogen-bond acceptors (Lipinski definition) is 9. The average Bonchev–Trinajstić information content (AvgIpc) is 3.80. The molecule has 11 nitrogen and oxygen atoms in total. The molecule has 1 aliphatic heterocycles. The topological polar surface area (TPSA) is 128 Å². The third-order valence-electron chi connectivity index (χ3n) is 7.21. The standard InChI is InChI=1S/C30H26Cl2F2N2O9/c1-41-24-8-17-18(9-25(24)42-2)29(39)36(28(17)38)13-27(37)44-23(10-19-20(31)11-35(40)12-21(19)32)16-5-6-22(45-30(33)34)26(7-16)43-14-15-3-4-15/h5-9,11-12,15,23,30H,3-4,10,13-14H2,1-2H3/t23-/m0/s1. The molecule has 45 heavy (non-hydrogen) atoms. The van der Waals surface area contributed by atoms with Crippen LogP contribution < -0.4 is 23.7 Å². The first-order valence-electron chi connectivity index (χ1n) is 13.6. The fourth-order valence-corrected chi connectivity index (χ4v) is 5.34. The van der Waals surface area contributed by atoms with Crippen LogP contribution in [0, 0.1) is 11.1 Å². The van der Waals surface area contributed by atoms with Gasteiger partial charge in [-0.3, -0.25) is 19.3 Å². The number of fused-ring (bicyclic) bond motifs is 1. The van der Waals surface area contributed by atoms with E-state index in [2.05, 4.69) is 4.74 Å². The Kier molecular flexibility index (Phi) is 9.49. The summed E-state index contributed by atoms with van der Waals surface area (Å²) in [5.41, 5.74) is 0.556. The lowest BCUT2D eigenvalue weighted by molar-refractivity contribution is -0.605. The van der Waals surface area contributed by atoms with Gasteiger partial charge < -0.3 is 28.9 Å². The van der Waals surface area contributed by atoms with Gasteiger partial charge in [-0.1, -0.05) is 29.3 Å². The molecule has 1 atom stereocenters. The van der Waals surface area contributed by atoms with Crippen molar-refractivity contribution in [1.82, 2.24) is 4.90 Å². The SMILES string of the molecule is COc1cc2c(cc1OC)C(=O)N(CC(=O)O[C@@H](Cc1c(Cl)c[n+]([O-])cc1Cl)c1ccc(OC(F)F)c(OCC3CC3)c1)C2=O. The molecule has 238 valence electrons. The molecule has 5 rings (SSSR count). The van der Waals surface area contributed by atoms with E-state index in [1.807, 2.05) is 0 Å². The van der Waals surface area contributed by atoms with E-state index in [1.165, 1.54) is 44.6 Å². The van der Waals surface area contributed by atoms with Gasteiger partial charge in [0.15, 0.2) is 35.4 Å². The number of imide groups is 1. The zero-order chi connectivity index (χ0) is 32.4. The van der Waals surface area contributed by atoms with Gasteiger partial charge in [0.1, 0.15) is 22.7 Å². The number of alkyl halides is 2. The fourth-order valence-electron chi connectivity index (χ4n) is 4.75. The van der Waals surface area contributed by atoms with Crippen LogP contribution in [-0.4, -0.2) is 56.7 Å². The zero-order valence-corrected chi connectivity index (χ0v) is 25.4. The molecule has 1 fully saturated rings. The van der Waals surface area contributed by atoms with E-state index in [4.69, 9.17) is 42.1 Å². The molecular weight excluding hydrogens is 641 g/mol. The summed E-state index contributed by atoms with van der Waals surface area (Å²) < 4.78 is 53.2. The molecule has 2 aromatic carbocycles. The molecule has 2 aliphatic rings. The summed E-state index contributed by atoms with van der Waals surface area (Å²) in [4.78, 5) is 40.3. The predicted octanol–water partition coefficient (Wildman–Crippen LogP) is 5.16. The largest absolute Gasteiger partial charge is 0.619 e. The Morgan fingerprint density at radius 2 is 1.58 bits per heavy atom. The Bertz CT molecular complexity index is 1590. The minimum Gasteiger partial charge on any atom is -0.619 e. The third kappa shape index (κ3) is 7.15. The van der Waals surface area contributed by atoms with Crippen molar-refractivity contribution in [3.63, 3.8) is 0 Å². The van der Waals surface area contributed by atoms with Crippen molar-refractivity contribution >= 4 is 41.0 Å². The number of methoxy groups -OCH3 is 2. The summed E-state index contributed by atoms with van der Waals surface area (Å²) in [6.07, 6.45) is 2.64. The summed E-state index contributed by atoms with van der Waals surface area (Å²) in [6.45, 7) is -3.61. The maximum absolute atomic E-state index is 13.3. The monoisotopic (exact) mass is 666 g/mol. The second kappa shape index (κ2) is 13.3. The first kappa shape index (κ1) is 32.0. The molecule has 0 N–H and O–H groups in total. The number of pyridine rings is 1. The Hall–Kier alpha value is -4.36. The summed E-state index contributed by atoms with van der Waals surface area (Å²) >= 11 is 12.6. The Labute approximate surface area is 265 Å². The second-order valence-corrected chi connectivity index (χ2v) is 11.1. The highest BCUT2D eigenvalue weighted by Crippen LogP contribution is 2.39. The molecule has 2 heterocycles. The van der Waals surface area contributed by atoms with E-state index >= 15 is 0 Å². The average molecular weight is 667 g/mol. The van der Waals surface area contributed by atoms with E-state index in [-0.39, 0.29) is 74.2 Å². The van der Waals surface area contributed by atoms with E-state index in [0.29, 0.717) is 4.73 Å². The first-order chi connectivity index (χ1) is 21.5. The van der Waals surface area contributed by atoms with Gasteiger partial charge in [0.05, 0.1) is 32.0 Å². The molecule has 1 aliphatic carbocycles. The number of halogens is 4. The molecule has 0 saturated heterocycles. The van der Waals surface area contributed by atoms with E-state index in [1.54, 1.807) is 0 Å². The van der Waals surface area contributed by atoms with Crippen LogP contribution in [0.2, 0.25) is 10.0 Å². The number of nitrogens with zero attached hydrogens (tertiary/aromatic N) is 2. The number of esters is 1. The van der Waals surface area contributed by atoms with Crippen LogP contribution in [0.15, 0.2) is 42.7 Å². The molecule has 1 saturated carbocycles. The second-order valence-electron chi connectivity index (χ2n) is 10.3. The van der Waals surface area contributed by atoms with Crippen LogP contribution in [0.4, 0.5) is 8.78 Å². The zero-order valence-electron chi connectivity index (χ0n) is 23.9. The van der Waals surface area contributed by atoms with E-state index in [0.717, 1.165) is 30.1 Å². The lowest BCUT2D eigenvalue weighted by Crippen LogP contribution is -2.36. The number of amides is 2. The van der Waals surface area contributed by atoms with Crippen LogP contribution in [0.3, 0.4) is 0 Å². The van der Waals surface area contributed by atoms with Gasteiger partial charge in [-0.2, -0.15) is 13.5 Å². The highest BCUT2D eigenvalue weighted by atomic mass is 35.5. The minimum absolute atomic E-state index is 0.00773. The smallest absolute Gasteiger partial charge is 0.387 e. The predicted molar refractivity (Wildman–Crippen MR) is 154 cm³/mol. The van der Waals surface area contributed by atoms with Crippen LogP contribution in [0.1, 0.15) is 50.8 Å². The van der Waals surface area contributed by atoms with Crippen molar-refractivity contribution in [1.29, 1.82) is 0 Å². The molecule has 0 unspecified atom stereocenters. The number of aromatic nitrogens is 1. The fraction of sp³-hybridized carbons (Fsp3) is 0.333. The molecule has 0 spiro atoms. The Morgan fingerprint density at radius 1 is 0.978 bits per heavy atom. The van der Waals surface area contributed by atoms with Gasteiger partial charge in [-0.25, -0.2) is 0 Å². The van der Waals surface area contributed by atoms with Crippen LogP contribution in [-0.2, 0) is 16.0 Å². The van der Waals surface area contributed by atoms with Crippen LogP contribution in [0.25, 0.3) is 0 Å². The highest BCUT2D eigenvalue weighted by Gasteiger charge is 2.39. The number of carbonyl (C=O) groups excluding carboxylic acids is 3. The maximum Gasteiger partial charge on any atom is 0.387 e. The van der Waals surface area contributed by atoms with Crippen molar-refractivity contribution in [2.75, 3.05) is 27.4 Å². The number of carbonyl (C=O) groups is 3. The molecule has 0 bridgehead atoms. The lowest BCUT2D eigenvalue weighted by Gasteiger charge is -2.22. The molecule has 15 heteroatoms. The molecule has 2 amide bonds. The summed E-state index contributed by atoms with van der Waals surface area (Å²) in [6, 6.07) is 6.71. The van der Waals surface area contributed by atoms with Gasteiger partial charge in [0.25, 0.3) is 11.8 Å². The number of benzene rings is 2. The van der Waals surface area contributed by atoms with Gasteiger partial charge in [-0.15, -0.1) is 0 Å². The van der Waals surface area contributed by atoms with E-state index in [9.17, 15) is 28.4 Å². The van der Waals surface area contributed by atoms with Gasteiger partial charge in [-0.05, 0) is 48.6 Å². The number of rotatable bonds is 13. The summed E-state index contributed by atoms with van der Waals surface area (Å²) in [5, 5.41) is 11.8. The van der Waals surface area contributed by atoms with Gasteiger partial charge in [0, 0.05) is 12.0 Å². The Morgan fingerprint density at radius 3 is 2.11 bits per heavy atom. The first-order valence-corrected chi connectivity index (χ1v) is 14.3. The van der Waals surface area contributed by atoms with Gasteiger partial charge in [0.2, 0.25) is 0 Å². The van der Waals surface area contributed by atoms with Crippen molar-refractivity contribution in [3.05, 3.63) is 80.2 Å². The maximum atomic E-state index is 13.3. The van der Waals surface area contributed by atoms with E-state index < -0.39 is 37.0 Å². The highest BCUT2D eigenvalue weighted by molar-refractivity contribution is 6.35. The van der Waals surface area contributed by atoms with Gasteiger partial charge >= 0.3 is 12.6 Å². The quantitative estimate of drug-likeness (QED) is 0.105. The molecule has 1 aromatic heterocycles. The summed E-state index contributed by atoms with van der Waals surface area (Å²) in [5.74, 6) is -1.99. The number of hydrogen-bond donors (Lipinski definition) is 0. The van der Waals surface area contributed by atoms with Crippen molar-refractivity contribution in [3.8, 4) is 23.0 Å². The molecule has 3 aromatic rings. The lowest BCUT2D eigenvalue weighted by atomic mass is 10.0. The van der Waals surface area contributed by atoms with Crippen LogP contribution in [0.5, 0.6) is 23.0 Å². The Balaban J connectivity index is 1.43.